The minimum atomic E-state index is -0.0286. The third-order valence-corrected chi connectivity index (χ3v) is 2.99. The van der Waals surface area contributed by atoms with Crippen molar-refractivity contribution in [1.29, 1.82) is 5.26 Å². The Kier molecular flexibility index (Phi) is 3.60. The molecule has 0 aliphatic carbocycles. The maximum Gasteiger partial charge on any atom is 0.224 e. The van der Waals surface area contributed by atoms with E-state index in [1.807, 2.05) is 6.07 Å². The van der Waals surface area contributed by atoms with Crippen LogP contribution < -0.4 is 16.8 Å². The molecule has 96 valence electrons. The second-order valence-electron chi connectivity index (χ2n) is 3.56. The lowest BCUT2D eigenvalue weighted by atomic mass is 10.2. The highest BCUT2D eigenvalue weighted by Gasteiger charge is 2.11. The Bertz CT molecular complexity index is 680. The molecule has 5 N–H and O–H groups in total. The maximum absolute atomic E-state index is 9.03. The lowest BCUT2D eigenvalue weighted by molar-refractivity contribution is 1.18. The number of hydrogen-bond donors (Lipinski definition) is 3. The number of nitrogens with two attached hydrogens (primary N) is 2. The number of nitrogen functional groups attached to an aromatic ring is 2. The molecule has 8 heteroatoms. The zero-order valence-corrected chi connectivity index (χ0v) is 11.0. The zero-order valence-electron chi connectivity index (χ0n) is 9.48. The molecule has 1 aromatic carbocycles. The van der Waals surface area contributed by atoms with Crippen molar-refractivity contribution >= 4 is 46.5 Å². The van der Waals surface area contributed by atoms with Gasteiger partial charge in [0.2, 0.25) is 5.95 Å². The Labute approximate surface area is 119 Å². The van der Waals surface area contributed by atoms with Crippen molar-refractivity contribution in [2.24, 2.45) is 0 Å². The summed E-state index contributed by atoms with van der Waals surface area (Å²) in [7, 11) is 0. The Morgan fingerprint density at radius 3 is 2.53 bits per heavy atom. The molecule has 0 unspecified atom stereocenters. The highest BCUT2D eigenvalue weighted by atomic mass is 35.5. The second kappa shape index (κ2) is 5.18. The zero-order chi connectivity index (χ0) is 14.0. The quantitative estimate of drug-likeness (QED) is 0.784. The third-order valence-electron chi connectivity index (χ3n) is 2.25. The first-order chi connectivity index (χ1) is 9.01. The van der Waals surface area contributed by atoms with Crippen molar-refractivity contribution in [2.45, 2.75) is 0 Å². The van der Waals surface area contributed by atoms with Gasteiger partial charge in [-0.2, -0.15) is 15.2 Å². The molecule has 1 heterocycles. The van der Waals surface area contributed by atoms with Crippen molar-refractivity contribution in [3.63, 3.8) is 0 Å². The summed E-state index contributed by atoms with van der Waals surface area (Å²) in [6.45, 7) is 0. The van der Waals surface area contributed by atoms with E-state index in [0.29, 0.717) is 15.7 Å². The average molecular weight is 295 g/mol. The Morgan fingerprint density at radius 1 is 1.16 bits per heavy atom. The molecule has 0 bridgehead atoms. The summed E-state index contributed by atoms with van der Waals surface area (Å²) in [5, 5.41) is 12.7. The van der Waals surface area contributed by atoms with E-state index in [0.717, 1.165) is 0 Å². The standard InChI is InChI=1S/C11H8Cl2N6/c12-7-2-1-5(3-8(7)13)17-10-6(4-14)9(15)18-11(16)19-10/h1-3H,(H5,15,16,17,18,19). The summed E-state index contributed by atoms with van der Waals surface area (Å²) in [4.78, 5) is 7.64. The van der Waals surface area contributed by atoms with E-state index >= 15 is 0 Å². The van der Waals surface area contributed by atoms with Crippen LogP contribution in [0.15, 0.2) is 18.2 Å². The minimum Gasteiger partial charge on any atom is -0.382 e. The minimum absolute atomic E-state index is 0.0116. The van der Waals surface area contributed by atoms with E-state index in [1.165, 1.54) is 0 Å². The lowest BCUT2D eigenvalue weighted by Gasteiger charge is -2.09. The predicted octanol–water partition coefficient (Wildman–Crippen LogP) is 2.56. The van der Waals surface area contributed by atoms with Gasteiger partial charge in [-0.1, -0.05) is 23.2 Å². The summed E-state index contributed by atoms with van der Waals surface area (Å²) < 4.78 is 0. The summed E-state index contributed by atoms with van der Waals surface area (Å²) >= 11 is 11.7. The lowest BCUT2D eigenvalue weighted by Crippen LogP contribution is -2.07. The van der Waals surface area contributed by atoms with Gasteiger partial charge in [0.15, 0.2) is 5.82 Å². The molecule has 19 heavy (non-hydrogen) atoms. The van der Waals surface area contributed by atoms with Gasteiger partial charge in [0, 0.05) is 5.69 Å². The van der Waals surface area contributed by atoms with Crippen molar-refractivity contribution < 1.29 is 0 Å². The number of nitrogens with zero attached hydrogens (tertiary/aromatic N) is 3. The maximum atomic E-state index is 9.03. The van der Waals surface area contributed by atoms with E-state index in [9.17, 15) is 0 Å². The van der Waals surface area contributed by atoms with Crippen LogP contribution in [0.4, 0.5) is 23.3 Å². The Hall–Kier alpha value is -2.23. The topological polar surface area (TPSA) is 114 Å². The molecule has 2 aromatic rings. The van der Waals surface area contributed by atoms with Gasteiger partial charge in [0.05, 0.1) is 10.0 Å². The molecular formula is C11H8Cl2N6. The van der Waals surface area contributed by atoms with Crippen LogP contribution in [0.5, 0.6) is 0 Å². The van der Waals surface area contributed by atoms with E-state index < -0.39 is 0 Å². The molecule has 0 aliphatic rings. The number of rotatable bonds is 2. The van der Waals surface area contributed by atoms with Crippen molar-refractivity contribution in [3.05, 3.63) is 33.8 Å². The van der Waals surface area contributed by atoms with Gasteiger partial charge in [0.25, 0.3) is 0 Å². The molecule has 0 fully saturated rings. The fraction of sp³-hybridized carbons (Fsp3) is 0. The molecule has 0 radical (unpaired) electrons. The van der Waals surface area contributed by atoms with Gasteiger partial charge in [-0.15, -0.1) is 0 Å². The first-order valence-electron chi connectivity index (χ1n) is 5.06. The highest BCUT2D eigenvalue weighted by molar-refractivity contribution is 6.42. The molecule has 1 aromatic heterocycles. The van der Waals surface area contributed by atoms with Gasteiger partial charge in [0.1, 0.15) is 17.5 Å². The van der Waals surface area contributed by atoms with Crippen molar-refractivity contribution in [2.75, 3.05) is 16.8 Å². The van der Waals surface area contributed by atoms with Gasteiger partial charge in [-0.05, 0) is 18.2 Å². The highest BCUT2D eigenvalue weighted by Crippen LogP contribution is 2.28. The van der Waals surface area contributed by atoms with Crippen molar-refractivity contribution in [1.82, 2.24) is 9.97 Å². The Balaban J connectivity index is 2.43. The van der Waals surface area contributed by atoms with Crippen LogP contribution in [0, 0.1) is 11.3 Å². The number of halogens is 2. The molecule has 0 saturated carbocycles. The van der Waals surface area contributed by atoms with Crippen LogP contribution in [-0.2, 0) is 0 Å². The van der Waals surface area contributed by atoms with Crippen LogP contribution in [0.2, 0.25) is 10.0 Å². The van der Waals surface area contributed by atoms with Crippen LogP contribution in [0.1, 0.15) is 5.56 Å². The first-order valence-corrected chi connectivity index (χ1v) is 5.82. The predicted molar refractivity (Wildman–Crippen MR) is 75.3 cm³/mol. The summed E-state index contributed by atoms with van der Waals surface area (Å²) in [6.07, 6.45) is 0. The normalized spacial score (nSPS) is 9.95. The van der Waals surface area contributed by atoms with E-state index in [4.69, 9.17) is 39.9 Å². The molecule has 2 rings (SSSR count). The van der Waals surface area contributed by atoms with E-state index in [2.05, 4.69) is 15.3 Å². The smallest absolute Gasteiger partial charge is 0.224 e. The number of nitriles is 1. The third kappa shape index (κ3) is 2.78. The van der Waals surface area contributed by atoms with Crippen LogP contribution >= 0.6 is 23.2 Å². The summed E-state index contributed by atoms with van der Waals surface area (Å²) in [6, 6.07) is 6.81. The van der Waals surface area contributed by atoms with Crippen molar-refractivity contribution in [3.8, 4) is 6.07 Å². The number of benzene rings is 1. The second-order valence-corrected chi connectivity index (χ2v) is 4.37. The van der Waals surface area contributed by atoms with E-state index in [1.54, 1.807) is 18.2 Å². The SMILES string of the molecule is N#Cc1c(N)nc(N)nc1Nc1ccc(Cl)c(Cl)c1. The molecule has 0 saturated heterocycles. The van der Waals surface area contributed by atoms with Gasteiger partial charge in [-0.3, -0.25) is 0 Å². The van der Waals surface area contributed by atoms with Gasteiger partial charge in [-0.25, -0.2) is 0 Å². The molecule has 0 aliphatic heterocycles. The number of hydrogen-bond acceptors (Lipinski definition) is 6. The summed E-state index contributed by atoms with van der Waals surface area (Å²) in [5.41, 5.74) is 11.8. The van der Waals surface area contributed by atoms with Gasteiger partial charge < -0.3 is 16.8 Å². The van der Waals surface area contributed by atoms with E-state index in [-0.39, 0.29) is 23.1 Å². The number of aromatic nitrogens is 2. The fourth-order valence-electron chi connectivity index (χ4n) is 1.41. The first kappa shape index (κ1) is 13.2. The molecule has 0 amide bonds. The fourth-order valence-corrected chi connectivity index (χ4v) is 1.71. The number of anilines is 4. The average Bonchev–Trinajstić information content (AvgIpc) is 2.33. The molecular weight excluding hydrogens is 287 g/mol. The molecule has 6 nitrogen and oxygen atoms in total. The van der Waals surface area contributed by atoms with Gasteiger partial charge >= 0.3 is 0 Å². The monoisotopic (exact) mass is 294 g/mol. The van der Waals surface area contributed by atoms with Crippen LogP contribution in [0.3, 0.4) is 0 Å². The Morgan fingerprint density at radius 2 is 1.89 bits per heavy atom. The van der Waals surface area contributed by atoms with Crippen LogP contribution in [0.25, 0.3) is 0 Å². The molecule has 0 spiro atoms. The summed E-state index contributed by atoms with van der Waals surface area (Å²) in [5.74, 6) is 0.197. The number of nitrogens with one attached hydrogen (secondary N) is 1. The molecule has 0 atom stereocenters. The van der Waals surface area contributed by atoms with Crippen LogP contribution in [-0.4, -0.2) is 9.97 Å². The largest absolute Gasteiger partial charge is 0.382 e.